The number of hydrogen-bond acceptors (Lipinski definition) is 4. The molecule has 0 aliphatic rings. The second-order valence-electron chi connectivity index (χ2n) is 4.97. The standard InChI is InChI=1S/C19H20O4S/c1-3-4-14-22-24(20)23-16(2)15-21-19-13-9-8-12-18(19)17-10-6-5-7-11-17/h5-13,16H,14-15H2,1-2H3. The molecule has 4 nitrogen and oxygen atoms in total. The molecule has 0 radical (unpaired) electrons. The molecule has 0 aliphatic carbocycles. The third-order valence-corrected chi connectivity index (χ3v) is 3.89. The van der Waals surface area contributed by atoms with Gasteiger partial charge in [-0.05, 0) is 25.5 Å². The van der Waals surface area contributed by atoms with Crippen molar-refractivity contribution in [3.63, 3.8) is 0 Å². The molecule has 0 N–H and O–H groups in total. The van der Waals surface area contributed by atoms with Crippen molar-refractivity contribution >= 4 is 11.4 Å². The maximum atomic E-state index is 11.6. The summed E-state index contributed by atoms with van der Waals surface area (Å²) in [6, 6.07) is 17.8. The van der Waals surface area contributed by atoms with Crippen LogP contribution in [0.5, 0.6) is 5.75 Å². The lowest BCUT2D eigenvalue weighted by atomic mass is 10.1. The van der Waals surface area contributed by atoms with Crippen LogP contribution < -0.4 is 4.74 Å². The zero-order valence-corrected chi connectivity index (χ0v) is 14.5. The van der Waals surface area contributed by atoms with E-state index in [0.29, 0.717) is 0 Å². The molecule has 126 valence electrons. The van der Waals surface area contributed by atoms with Crippen molar-refractivity contribution in [1.82, 2.24) is 0 Å². The first kappa shape index (κ1) is 18.2. The molecule has 0 aromatic heterocycles. The van der Waals surface area contributed by atoms with Gasteiger partial charge in [0.15, 0.2) is 0 Å². The zero-order valence-electron chi connectivity index (χ0n) is 13.7. The van der Waals surface area contributed by atoms with Crippen LogP contribution >= 0.6 is 0 Å². The van der Waals surface area contributed by atoms with E-state index in [1.54, 1.807) is 13.8 Å². The average Bonchev–Trinajstić information content (AvgIpc) is 2.61. The Balaban J connectivity index is 1.92. The lowest BCUT2D eigenvalue weighted by molar-refractivity contribution is 0.139. The lowest BCUT2D eigenvalue weighted by Crippen LogP contribution is -2.20. The largest absolute Gasteiger partial charge is 0.490 e. The predicted octanol–water partition coefficient (Wildman–Crippen LogP) is 3.76. The molecule has 2 unspecified atom stereocenters. The summed E-state index contributed by atoms with van der Waals surface area (Å²) < 4.78 is 27.5. The van der Waals surface area contributed by atoms with Crippen LogP contribution in [0.4, 0.5) is 0 Å². The molecular formula is C19H20O4S. The normalized spacial score (nSPS) is 12.8. The first-order valence-electron chi connectivity index (χ1n) is 7.59. The van der Waals surface area contributed by atoms with Crippen molar-refractivity contribution < 1.29 is 17.3 Å². The minimum absolute atomic E-state index is 0.0769. The SMILES string of the molecule is CC#CCOS(=O)OC(C)COc1ccccc1-c1ccccc1. The molecule has 0 amide bonds. The highest BCUT2D eigenvalue weighted by atomic mass is 32.2. The van der Waals surface area contributed by atoms with E-state index >= 15 is 0 Å². The van der Waals surface area contributed by atoms with Crippen LogP contribution in [0.15, 0.2) is 54.6 Å². The smallest absolute Gasteiger partial charge is 0.305 e. The van der Waals surface area contributed by atoms with Crippen LogP contribution in [-0.4, -0.2) is 23.5 Å². The van der Waals surface area contributed by atoms with Gasteiger partial charge in [0, 0.05) is 5.56 Å². The van der Waals surface area contributed by atoms with E-state index in [1.165, 1.54) is 0 Å². The van der Waals surface area contributed by atoms with Gasteiger partial charge >= 0.3 is 11.4 Å². The summed E-state index contributed by atoms with van der Waals surface area (Å²) in [6.45, 7) is 3.80. The van der Waals surface area contributed by atoms with Gasteiger partial charge in [-0.2, -0.15) is 4.21 Å². The lowest BCUT2D eigenvalue weighted by Gasteiger charge is -2.15. The van der Waals surface area contributed by atoms with Crippen LogP contribution in [0.25, 0.3) is 11.1 Å². The van der Waals surface area contributed by atoms with Gasteiger partial charge in [-0.25, -0.2) is 0 Å². The third kappa shape index (κ3) is 5.82. The summed E-state index contributed by atoms with van der Waals surface area (Å²) in [7, 11) is 0. The molecule has 0 saturated carbocycles. The van der Waals surface area contributed by atoms with Crippen molar-refractivity contribution in [3.05, 3.63) is 54.6 Å². The highest BCUT2D eigenvalue weighted by molar-refractivity contribution is 7.75. The summed E-state index contributed by atoms with van der Waals surface area (Å²) in [5.74, 6) is 6.07. The molecule has 2 aromatic rings. The first-order chi connectivity index (χ1) is 11.7. The van der Waals surface area contributed by atoms with Crippen LogP contribution in [0, 0.1) is 11.8 Å². The third-order valence-electron chi connectivity index (χ3n) is 3.09. The number of ether oxygens (including phenoxy) is 1. The van der Waals surface area contributed by atoms with Gasteiger partial charge < -0.3 is 4.74 Å². The summed E-state index contributed by atoms with van der Waals surface area (Å²) in [5.41, 5.74) is 2.08. The Morgan fingerprint density at radius 1 is 1.08 bits per heavy atom. The summed E-state index contributed by atoms with van der Waals surface area (Å²) in [5, 5.41) is 0. The second kappa shape index (κ2) is 9.89. The second-order valence-corrected chi connectivity index (χ2v) is 5.81. The highest BCUT2D eigenvalue weighted by Crippen LogP contribution is 2.29. The van der Waals surface area contributed by atoms with E-state index in [1.807, 2.05) is 54.6 Å². The maximum absolute atomic E-state index is 11.6. The van der Waals surface area contributed by atoms with E-state index < -0.39 is 11.4 Å². The fraction of sp³-hybridized carbons (Fsp3) is 0.263. The molecule has 0 heterocycles. The highest BCUT2D eigenvalue weighted by Gasteiger charge is 2.11. The molecule has 0 bridgehead atoms. The fourth-order valence-electron chi connectivity index (χ4n) is 2.00. The number of para-hydroxylation sites is 1. The average molecular weight is 344 g/mol. The Bertz CT molecular complexity index is 719. The fourth-order valence-corrected chi connectivity index (χ4v) is 2.53. The quantitative estimate of drug-likeness (QED) is 0.684. The minimum Gasteiger partial charge on any atom is -0.490 e. The number of rotatable bonds is 8. The first-order valence-corrected chi connectivity index (χ1v) is 8.59. The van der Waals surface area contributed by atoms with Gasteiger partial charge in [-0.1, -0.05) is 54.5 Å². The zero-order chi connectivity index (χ0) is 17.2. The number of benzene rings is 2. The van der Waals surface area contributed by atoms with Crippen molar-refractivity contribution in [2.24, 2.45) is 0 Å². The van der Waals surface area contributed by atoms with Crippen molar-refractivity contribution in [3.8, 4) is 28.7 Å². The van der Waals surface area contributed by atoms with Crippen LogP contribution in [0.3, 0.4) is 0 Å². The maximum Gasteiger partial charge on any atom is 0.305 e. The van der Waals surface area contributed by atoms with Crippen LogP contribution in [0.1, 0.15) is 13.8 Å². The Kier molecular flexibility index (Phi) is 7.50. The molecule has 2 atom stereocenters. The number of hydrogen-bond donors (Lipinski definition) is 0. The molecule has 5 heteroatoms. The summed E-state index contributed by atoms with van der Waals surface area (Å²) in [4.78, 5) is 0. The minimum atomic E-state index is -1.83. The van der Waals surface area contributed by atoms with Crippen molar-refractivity contribution in [1.29, 1.82) is 0 Å². The van der Waals surface area contributed by atoms with Crippen LogP contribution in [-0.2, 0) is 19.7 Å². The Hall–Kier alpha value is -2.13. The van der Waals surface area contributed by atoms with Gasteiger partial charge in [-0.3, -0.25) is 8.37 Å². The van der Waals surface area contributed by atoms with Gasteiger partial charge in [0.1, 0.15) is 25.1 Å². The van der Waals surface area contributed by atoms with Gasteiger partial charge in [0.2, 0.25) is 0 Å². The molecule has 0 aliphatic heterocycles. The van der Waals surface area contributed by atoms with E-state index in [4.69, 9.17) is 13.1 Å². The monoisotopic (exact) mass is 344 g/mol. The van der Waals surface area contributed by atoms with E-state index in [0.717, 1.165) is 16.9 Å². The van der Waals surface area contributed by atoms with E-state index in [-0.39, 0.29) is 19.3 Å². The molecule has 0 fully saturated rings. The van der Waals surface area contributed by atoms with E-state index in [2.05, 4.69) is 11.8 Å². The molecular weight excluding hydrogens is 324 g/mol. The molecule has 24 heavy (non-hydrogen) atoms. The Morgan fingerprint density at radius 3 is 2.54 bits per heavy atom. The van der Waals surface area contributed by atoms with Gasteiger partial charge in [-0.15, -0.1) is 5.92 Å². The molecule has 2 aromatic carbocycles. The Labute approximate surface area is 145 Å². The molecule has 0 saturated heterocycles. The topological polar surface area (TPSA) is 44.8 Å². The predicted molar refractivity (Wildman–Crippen MR) is 95.5 cm³/mol. The summed E-state index contributed by atoms with van der Waals surface area (Å²) in [6.07, 6.45) is -0.385. The van der Waals surface area contributed by atoms with Gasteiger partial charge in [0.25, 0.3) is 0 Å². The molecule has 2 rings (SSSR count). The molecule has 0 spiro atoms. The van der Waals surface area contributed by atoms with Crippen LogP contribution in [0.2, 0.25) is 0 Å². The van der Waals surface area contributed by atoms with E-state index in [9.17, 15) is 4.21 Å². The summed E-state index contributed by atoms with van der Waals surface area (Å²) >= 11 is -1.83. The van der Waals surface area contributed by atoms with Gasteiger partial charge in [0.05, 0.1) is 0 Å². The van der Waals surface area contributed by atoms with Crippen molar-refractivity contribution in [2.75, 3.05) is 13.2 Å². The van der Waals surface area contributed by atoms with Crippen molar-refractivity contribution in [2.45, 2.75) is 20.0 Å². The Morgan fingerprint density at radius 2 is 1.79 bits per heavy atom.